The lowest BCUT2D eigenvalue weighted by molar-refractivity contribution is -0.384. The molecule has 2 rings (SSSR count). The van der Waals surface area contributed by atoms with Crippen molar-refractivity contribution < 1.29 is 9.66 Å². The molecule has 98 valence electrons. The topological polar surface area (TPSA) is 64.4 Å². The van der Waals surface area contributed by atoms with Crippen molar-refractivity contribution in [3.05, 3.63) is 32.8 Å². The second-order valence-electron chi connectivity index (χ2n) is 4.36. The van der Waals surface area contributed by atoms with Crippen LogP contribution in [0.5, 0.6) is 0 Å². The highest BCUT2D eigenvalue weighted by Crippen LogP contribution is 2.28. The summed E-state index contributed by atoms with van der Waals surface area (Å²) < 4.78 is 6.13. The number of benzene rings is 1. The normalized spacial score (nSPS) is 18.8. The second-order valence-corrected chi connectivity index (χ2v) is 5.28. The molecule has 5 nitrogen and oxygen atoms in total. The van der Waals surface area contributed by atoms with E-state index in [0.29, 0.717) is 11.6 Å². The summed E-state index contributed by atoms with van der Waals surface area (Å²) in [6.45, 7) is 2.37. The number of hydrogen-bond acceptors (Lipinski definition) is 4. The van der Waals surface area contributed by atoms with E-state index in [2.05, 4.69) is 21.2 Å². The lowest BCUT2D eigenvalue weighted by atomic mass is 10.1. The monoisotopic (exact) mass is 314 g/mol. The van der Waals surface area contributed by atoms with E-state index in [4.69, 9.17) is 4.74 Å². The van der Waals surface area contributed by atoms with Gasteiger partial charge < -0.3 is 10.1 Å². The first kappa shape index (κ1) is 13.3. The number of anilines is 1. The molecule has 0 saturated carbocycles. The number of nitrogens with one attached hydrogen (secondary N) is 1. The summed E-state index contributed by atoms with van der Waals surface area (Å²) in [5.41, 5.74) is 0.675. The minimum absolute atomic E-state index is 0.112. The zero-order valence-corrected chi connectivity index (χ0v) is 11.5. The zero-order valence-electron chi connectivity index (χ0n) is 9.89. The molecule has 6 heteroatoms. The summed E-state index contributed by atoms with van der Waals surface area (Å²) in [4.78, 5) is 10.5. The van der Waals surface area contributed by atoms with Crippen LogP contribution in [0, 0.1) is 16.0 Å². The fourth-order valence-corrected chi connectivity index (χ4v) is 2.39. The molecular formula is C12H15BrN2O3. The highest BCUT2D eigenvalue weighted by Gasteiger charge is 2.17. The van der Waals surface area contributed by atoms with Gasteiger partial charge in [-0.05, 0) is 30.9 Å². The largest absolute Gasteiger partial charge is 0.381 e. The summed E-state index contributed by atoms with van der Waals surface area (Å²) in [5, 5.41) is 14.0. The van der Waals surface area contributed by atoms with E-state index < -0.39 is 0 Å². The number of nitrogens with zero attached hydrogens (tertiary/aromatic N) is 1. The summed E-state index contributed by atoms with van der Waals surface area (Å²) in [6.07, 6.45) is 2.06. The Balaban J connectivity index is 1.94. The van der Waals surface area contributed by atoms with Gasteiger partial charge in [0.05, 0.1) is 4.92 Å². The smallest absolute Gasteiger partial charge is 0.292 e. The van der Waals surface area contributed by atoms with Crippen LogP contribution in [0.25, 0.3) is 0 Å². The van der Waals surface area contributed by atoms with E-state index in [1.54, 1.807) is 12.1 Å². The zero-order chi connectivity index (χ0) is 13.0. The van der Waals surface area contributed by atoms with Crippen molar-refractivity contribution in [3.63, 3.8) is 0 Å². The van der Waals surface area contributed by atoms with Crippen molar-refractivity contribution in [2.45, 2.75) is 12.8 Å². The molecule has 1 aliphatic heterocycles. The predicted octanol–water partition coefficient (Wildman–Crippen LogP) is 3.20. The Morgan fingerprint density at radius 1 is 1.56 bits per heavy atom. The number of nitro groups is 1. The maximum absolute atomic E-state index is 10.9. The van der Waals surface area contributed by atoms with Crippen molar-refractivity contribution >= 4 is 27.3 Å². The van der Waals surface area contributed by atoms with E-state index in [9.17, 15) is 10.1 Å². The van der Waals surface area contributed by atoms with Crippen LogP contribution in [0.2, 0.25) is 0 Å². The number of hydrogen-bond donors (Lipinski definition) is 1. The Labute approximate surface area is 114 Å². The molecule has 1 heterocycles. The van der Waals surface area contributed by atoms with Crippen LogP contribution in [0.1, 0.15) is 12.8 Å². The van der Waals surface area contributed by atoms with E-state index >= 15 is 0 Å². The first-order chi connectivity index (χ1) is 8.66. The Bertz CT molecular complexity index is 433. The standard InChI is InChI=1S/C12H15BrN2O3/c13-10-1-2-12(15(16)17)11(7-10)14-5-3-9-4-6-18-8-9/h1-2,7,9,14H,3-6,8H2. The van der Waals surface area contributed by atoms with Crippen LogP contribution in [0.15, 0.2) is 22.7 Å². The van der Waals surface area contributed by atoms with Gasteiger partial charge in [0.15, 0.2) is 0 Å². The van der Waals surface area contributed by atoms with Crippen LogP contribution in [0.3, 0.4) is 0 Å². The van der Waals surface area contributed by atoms with E-state index in [0.717, 1.165) is 37.1 Å². The van der Waals surface area contributed by atoms with Gasteiger partial charge >= 0.3 is 0 Å². The molecule has 0 spiro atoms. The van der Waals surface area contributed by atoms with Gasteiger partial charge in [0.2, 0.25) is 0 Å². The van der Waals surface area contributed by atoms with Gasteiger partial charge in [0.1, 0.15) is 5.69 Å². The maximum atomic E-state index is 10.9. The Morgan fingerprint density at radius 2 is 2.39 bits per heavy atom. The average molecular weight is 315 g/mol. The van der Waals surface area contributed by atoms with Crippen molar-refractivity contribution in [2.24, 2.45) is 5.92 Å². The SMILES string of the molecule is O=[N+]([O-])c1ccc(Br)cc1NCCC1CCOC1. The van der Waals surface area contributed by atoms with Gasteiger partial charge in [-0.3, -0.25) is 10.1 Å². The highest BCUT2D eigenvalue weighted by molar-refractivity contribution is 9.10. The fourth-order valence-electron chi connectivity index (χ4n) is 2.03. The van der Waals surface area contributed by atoms with Crippen molar-refractivity contribution in [1.82, 2.24) is 0 Å². The molecule has 0 radical (unpaired) electrons. The Morgan fingerprint density at radius 3 is 3.06 bits per heavy atom. The molecular weight excluding hydrogens is 300 g/mol. The molecule has 1 atom stereocenters. The van der Waals surface area contributed by atoms with Crippen LogP contribution >= 0.6 is 15.9 Å². The minimum Gasteiger partial charge on any atom is -0.381 e. The lowest BCUT2D eigenvalue weighted by Crippen LogP contribution is -2.10. The van der Waals surface area contributed by atoms with Gasteiger partial charge in [-0.15, -0.1) is 0 Å². The van der Waals surface area contributed by atoms with E-state index in [-0.39, 0.29) is 10.6 Å². The van der Waals surface area contributed by atoms with Gasteiger partial charge in [0.25, 0.3) is 5.69 Å². The van der Waals surface area contributed by atoms with Gasteiger partial charge in [-0.1, -0.05) is 15.9 Å². The van der Waals surface area contributed by atoms with E-state index in [1.165, 1.54) is 6.07 Å². The summed E-state index contributed by atoms with van der Waals surface area (Å²) in [5.74, 6) is 0.573. The quantitative estimate of drug-likeness (QED) is 0.669. The molecule has 1 N–H and O–H groups in total. The average Bonchev–Trinajstić information content (AvgIpc) is 2.82. The molecule has 1 fully saturated rings. The minimum atomic E-state index is -0.368. The van der Waals surface area contributed by atoms with Crippen LogP contribution in [0.4, 0.5) is 11.4 Å². The first-order valence-electron chi connectivity index (χ1n) is 5.92. The van der Waals surface area contributed by atoms with Crippen LogP contribution < -0.4 is 5.32 Å². The first-order valence-corrected chi connectivity index (χ1v) is 6.71. The summed E-state index contributed by atoms with van der Waals surface area (Å²) >= 11 is 3.32. The summed E-state index contributed by atoms with van der Waals surface area (Å²) in [7, 11) is 0. The maximum Gasteiger partial charge on any atom is 0.292 e. The van der Waals surface area contributed by atoms with Crippen molar-refractivity contribution in [3.8, 4) is 0 Å². The Hall–Kier alpha value is -1.14. The van der Waals surface area contributed by atoms with Crippen molar-refractivity contribution in [2.75, 3.05) is 25.1 Å². The number of nitro benzene ring substituents is 1. The third-order valence-corrected chi connectivity index (χ3v) is 3.54. The molecule has 1 aliphatic rings. The number of halogens is 1. The lowest BCUT2D eigenvalue weighted by Gasteiger charge is -2.10. The van der Waals surface area contributed by atoms with Gasteiger partial charge in [-0.2, -0.15) is 0 Å². The fraction of sp³-hybridized carbons (Fsp3) is 0.500. The van der Waals surface area contributed by atoms with E-state index in [1.807, 2.05) is 0 Å². The molecule has 18 heavy (non-hydrogen) atoms. The van der Waals surface area contributed by atoms with Gasteiger partial charge in [-0.25, -0.2) is 0 Å². The third kappa shape index (κ3) is 3.43. The molecule has 0 amide bonds. The highest BCUT2D eigenvalue weighted by atomic mass is 79.9. The van der Waals surface area contributed by atoms with Crippen molar-refractivity contribution in [1.29, 1.82) is 0 Å². The molecule has 1 unspecified atom stereocenters. The molecule has 0 bridgehead atoms. The number of ether oxygens (including phenoxy) is 1. The molecule has 1 aromatic rings. The second kappa shape index (κ2) is 6.15. The predicted molar refractivity (Wildman–Crippen MR) is 72.8 cm³/mol. The molecule has 0 aliphatic carbocycles. The molecule has 1 saturated heterocycles. The number of rotatable bonds is 5. The Kier molecular flexibility index (Phi) is 4.54. The van der Waals surface area contributed by atoms with Crippen LogP contribution in [-0.2, 0) is 4.74 Å². The third-order valence-electron chi connectivity index (χ3n) is 3.05. The summed E-state index contributed by atoms with van der Waals surface area (Å²) in [6, 6.07) is 4.92. The van der Waals surface area contributed by atoms with Gasteiger partial charge in [0, 0.05) is 30.3 Å². The van der Waals surface area contributed by atoms with Crippen LogP contribution in [-0.4, -0.2) is 24.7 Å². The molecule has 0 aromatic heterocycles. The molecule has 1 aromatic carbocycles.